The average Bonchev–Trinajstić information content (AvgIpc) is 2.37. The molecule has 0 aromatic carbocycles. The molecule has 1 fully saturated rings. The van der Waals surface area contributed by atoms with Crippen molar-refractivity contribution in [2.75, 3.05) is 0 Å². The molecule has 2 aliphatic heterocycles. The lowest BCUT2D eigenvalue weighted by molar-refractivity contribution is 0.00219. The normalized spacial score (nSPS) is 36.8. The predicted octanol–water partition coefficient (Wildman–Crippen LogP) is 1.36. The number of rotatable bonds is 0. The van der Waals surface area contributed by atoms with Gasteiger partial charge in [-0.25, -0.2) is 0 Å². The maximum atomic E-state index is 11.1. The lowest BCUT2D eigenvalue weighted by atomic mass is 10.1. The Hall–Kier alpha value is -1.15. The third-order valence-corrected chi connectivity index (χ3v) is 3.41. The van der Waals surface area contributed by atoms with Gasteiger partial charge in [-0.3, -0.25) is 4.79 Å². The molecule has 0 aliphatic carbocycles. The monoisotopic (exact) mass is 196 g/mol. The molecule has 2 atom stereocenters. The van der Waals surface area contributed by atoms with Gasteiger partial charge in [0.15, 0.2) is 11.5 Å². The van der Waals surface area contributed by atoms with Crippen molar-refractivity contribution in [1.29, 1.82) is 5.26 Å². The molecule has 0 aromatic heterocycles. The third kappa shape index (κ3) is 1.27. The summed E-state index contributed by atoms with van der Waals surface area (Å²) in [5.41, 5.74) is -0.693. The first-order valence-corrected chi connectivity index (χ1v) is 4.80. The van der Waals surface area contributed by atoms with E-state index < -0.39 is 5.72 Å². The molecule has 1 amide bonds. The molecule has 2 heterocycles. The molecular formula is C8H8N2O2S. The fourth-order valence-corrected chi connectivity index (χ4v) is 2.52. The van der Waals surface area contributed by atoms with E-state index in [4.69, 9.17) is 10.00 Å². The SMILES string of the molecule is C[C@]12NC(=O)S[C@H]1CC=C(C#N)O2. The number of nitrogens with one attached hydrogen (secondary N) is 1. The molecular weight excluding hydrogens is 188 g/mol. The zero-order valence-electron chi connectivity index (χ0n) is 7.03. The van der Waals surface area contributed by atoms with Crippen LogP contribution in [0, 0.1) is 11.3 Å². The molecule has 68 valence electrons. The molecule has 5 heteroatoms. The summed E-state index contributed by atoms with van der Waals surface area (Å²) >= 11 is 1.23. The maximum Gasteiger partial charge on any atom is 0.282 e. The molecule has 0 unspecified atom stereocenters. The zero-order chi connectivity index (χ0) is 9.47. The molecule has 0 aromatic rings. The quantitative estimate of drug-likeness (QED) is 0.635. The van der Waals surface area contributed by atoms with Gasteiger partial charge < -0.3 is 10.1 Å². The first kappa shape index (κ1) is 8.45. The number of nitrogens with zero attached hydrogens (tertiary/aromatic N) is 1. The number of ether oxygens (including phenoxy) is 1. The summed E-state index contributed by atoms with van der Waals surface area (Å²) in [6.07, 6.45) is 2.42. The van der Waals surface area contributed by atoms with Crippen molar-refractivity contribution < 1.29 is 9.53 Å². The Morgan fingerprint density at radius 1 is 1.92 bits per heavy atom. The first-order valence-electron chi connectivity index (χ1n) is 3.92. The van der Waals surface area contributed by atoms with Crippen molar-refractivity contribution in [3.05, 3.63) is 11.8 Å². The molecule has 0 radical (unpaired) electrons. The molecule has 1 saturated heterocycles. The van der Waals surface area contributed by atoms with E-state index in [2.05, 4.69) is 5.32 Å². The van der Waals surface area contributed by atoms with Crippen molar-refractivity contribution >= 4 is 17.0 Å². The van der Waals surface area contributed by atoms with Crippen LogP contribution in [0.4, 0.5) is 4.79 Å². The van der Waals surface area contributed by atoms with Gasteiger partial charge in [0.05, 0.1) is 5.25 Å². The highest BCUT2D eigenvalue weighted by Crippen LogP contribution is 2.39. The second-order valence-corrected chi connectivity index (χ2v) is 4.32. The number of hydrogen-bond donors (Lipinski definition) is 1. The number of allylic oxidation sites excluding steroid dienone is 2. The van der Waals surface area contributed by atoms with Gasteiger partial charge in [0.1, 0.15) is 6.07 Å². The second-order valence-electron chi connectivity index (χ2n) is 3.14. The van der Waals surface area contributed by atoms with E-state index in [-0.39, 0.29) is 10.5 Å². The van der Waals surface area contributed by atoms with Crippen molar-refractivity contribution in [2.45, 2.75) is 24.3 Å². The summed E-state index contributed by atoms with van der Waals surface area (Å²) in [6.45, 7) is 1.79. The number of nitriles is 1. The summed E-state index contributed by atoms with van der Waals surface area (Å²) < 4.78 is 5.36. The number of fused-ring (bicyclic) bond motifs is 1. The van der Waals surface area contributed by atoms with E-state index >= 15 is 0 Å². The molecule has 13 heavy (non-hydrogen) atoms. The van der Waals surface area contributed by atoms with E-state index in [1.54, 1.807) is 13.0 Å². The van der Waals surface area contributed by atoms with E-state index in [0.29, 0.717) is 12.2 Å². The highest BCUT2D eigenvalue weighted by molar-refractivity contribution is 8.14. The van der Waals surface area contributed by atoms with Crippen molar-refractivity contribution in [3.8, 4) is 6.07 Å². The van der Waals surface area contributed by atoms with Crippen LogP contribution in [0.15, 0.2) is 11.8 Å². The number of thioether (sulfide) groups is 1. The molecule has 0 spiro atoms. The van der Waals surface area contributed by atoms with Gasteiger partial charge in [-0.05, 0) is 19.4 Å². The Labute approximate surface area is 79.9 Å². The highest BCUT2D eigenvalue weighted by Gasteiger charge is 2.47. The Kier molecular flexibility index (Phi) is 1.74. The van der Waals surface area contributed by atoms with Crippen LogP contribution >= 0.6 is 11.8 Å². The van der Waals surface area contributed by atoms with Crippen molar-refractivity contribution in [2.24, 2.45) is 0 Å². The van der Waals surface area contributed by atoms with Crippen LogP contribution in [-0.4, -0.2) is 16.2 Å². The number of hydrogen-bond acceptors (Lipinski definition) is 4. The van der Waals surface area contributed by atoms with Crippen LogP contribution in [0.3, 0.4) is 0 Å². The Morgan fingerprint density at radius 3 is 3.38 bits per heavy atom. The number of carbonyl (C=O) groups excluding carboxylic acids is 1. The predicted molar refractivity (Wildman–Crippen MR) is 47.7 cm³/mol. The molecule has 2 aliphatic rings. The molecule has 0 bridgehead atoms. The van der Waals surface area contributed by atoms with Gasteiger partial charge in [-0.15, -0.1) is 0 Å². The van der Waals surface area contributed by atoms with Gasteiger partial charge in [0.2, 0.25) is 0 Å². The third-order valence-electron chi connectivity index (χ3n) is 2.16. The maximum absolute atomic E-state index is 11.1. The zero-order valence-corrected chi connectivity index (χ0v) is 7.85. The fraction of sp³-hybridized carbons (Fsp3) is 0.500. The number of carbonyl (C=O) groups is 1. The lowest BCUT2D eigenvalue weighted by Gasteiger charge is -2.32. The highest BCUT2D eigenvalue weighted by atomic mass is 32.2. The van der Waals surface area contributed by atoms with Gasteiger partial charge in [-0.1, -0.05) is 11.8 Å². The first-order chi connectivity index (χ1) is 6.14. The molecule has 1 N–H and O–H groups in total. The minimum absolute atomic E-state index is 0.0806. The number of amides is 1. The van der Waals surface area contributed by atoms with E-state index in [1.807, 2.05) is 6.07 Å². The van der Waals surface area contributed by atoms with Crippen LogP contribution in [-0.2, 0) is 4.74 Å². The largest absolute Gasteiger partial charge is 0.457 e. The van der Waals surface area contributed by atoms with Crippen LogP contribution < -0.4 is 5.32 Å². The van der Waals surface area contributed by atoms with Gasteiger partial charge in [0.25, 0.3) is 5.24 Å². The summed E-state index contributed by atoms with van der Waals surface area (Å²) in [4.78, 5) is 11.1. The van der Waals surface area contributed by atoms with Crippen LogP contribution in [0.2, 0.25) is 0 Å². The fourth-order valence-electron chi connectivity index (χ4n) is 1.47. The average molecular weight is 196 g/mol. The summed E-state index contributed by atoms with van der Waals surface area (Å²) in [6, 6.07) is 1.93. The van der Waals surface area contributed by atoms with Crippen LogP contribution in [0.25, 0.3) is 0 Å². The minimum atomic E-state index is -0.693. The molecule has 2 rings (SSSR count). The summed E-state index contributed by atoms with van der Waals surface area (Å²) in [5.74, 6) is 0.293. The van der Waals surface area contributed by atoms with Gasteiger partial charge in [-0.2, -0.15) is 5.26 Å². The standard InChI is InChI=1S/C8H8N2O2S/c1-8-6(13-7(11)10-8)3-2-5(4-9)12-8/h2,6H,3H2,1H3,(H,10,11)/t6-,8+/m0/s1. The van der Waals surface area contributed by atoms with E-state index in [1.165, 1.54) is 11.8 Å². The second kappa shape index (κ2) is 2.67. The van der Waals surface area contributed by atoms with E-state index in [0.717, 1.165) is 0 Å². The minimum Gasteiger partial charge on any atom is -0.457 e. The van der Waals surface area contributed by atoms with Crippen LogP contribution in [0.5, 0.6) is 0 Å². The van der Waals surface area contributed by atoms with Crippen LogP contribution in [0.1, 0.15) is 13.3 Å². The van der Waals surface area contributed by atoms with Crippen molar-refractivity contribution in [3.63, 3.8) is 0 Å². The lowest BCUT2D eigenvalue weighted by Crippen LogP contribution is -2.48. The molecule has 4 nitrogen and oxygen atoms in total. The van der Waals surface area contributed by atoms with Gasteiger partial charge >= 0.3 is 0 Å². The summed E-state index contributed by atoms with van der Waals surface area (Å²) in [7, 11) is 0. The van der Waals surface area contributed by atoms with E-state index in [9.17, 15) is 4.79 Å². The smallest absolute Gasteiger partial charge is 0.282 e. The Bertz CT molecular complexity index is 334. The van der Waals surface area contributed by atoms with Crippen molar-refractivity contribution in [1.82, 2.24) is 5.32 Å². The molecule has 0 saturated carbocycles. The Balaban J connectivity index is 2.25. The topological polar surface area (TPSA) is 62.1 Å². The summed E-state index contributed by atoms with van der Waals surface area (Å²) in [5, 5.41) is 11.3. The van der Waals surface area contributed by atoms with Gasteiger partial charge in [0, 0.05) is 0 Å². The Morgan fingerprint density at radius 2 is 2.69 bits per heavy atom.